The van der Waals surface area contributed by atoms with Gasteiger partial charge < -0.3 is 15.4 Å². The molecule has 2 N–H and O–H groups in total. The largest absolute Gasteiger partial charge is 0.497 e. The number of likely N-dealkylation sites (tertiary alicyclic amines) is 1. The fourth-order valence-electron chi connectivity index (χ4n) is 4.09. The van der Waals surface area contributed by atoms with Crippen LogP contribution in [0.5, 0.6) is 5.75 Å². The second-order valence-corrected chi connectivity index (χ2v) is 8.03. The molecule has 0 bridgehead atoms. The Morgan fingerprint density at radius 2 is 2.09 bits per heavy atom. The third-order valence-electron chi connectivity index (χ3n) is 5.81. The summed E-state index contributed by atoms with van der Waals surface area (Å²) in [7, 11) is 1.54. The Morgan fingerprint density at radius 1 is 1.30 bits per heavy atom. The van der Waals surface area contributed by atoms with Crippen molar-refractivity contribution in [2.75, 3.05) is 25.9 Å². The molecule has 1 aliphatic rings. The van der Waals surface area contributed by atoms with Crippen molar-refractivity contribution < 1.29 is 14.3 Å². The lowest BCUT2D eigenvalue weighted by atomic mass is 10.1. The molecule has 0 saturated carbocycles. The van der Waals surface area contributed by atoms with Gasteiger partial charge in [0.05, 0.1) is 24.1 Å². The van der Waals surface area contributed by atoms with Crippen LogP contribution in [0, 0.1) is 18.8 Å². The van der Waals surface area contributed by atoms with Gasteiger partial charge in [0.15, 0.2) is 5.78 Å². The molecule has 0 radical (unpaired) electrons. The average molecular weight is 444 g/mol. The number of Topliss-reactive ketones (excluding diaryl/α,β-unsaturated/α-hetero) is 1. The molecule has 2 aromatic heterocycles. The number of aromatic nitrogens is 3. The number of nitrogen functional groups attached to an aromatic ring is 1. The van der Waals surface area contributed by atoms with Gasteiger partial charge in [-0.1, -0.05) is 12.5 Å². The number of rotatable bonds is 4. The highest BCUT2D eigenvalue weighted by Gasteiger charge is 2.29. The Kier molecular flexibility index (Phi) is 5.88. The minimum atomic E-state index is -0.0915. The number of nitrogens with zero attached hydrogens (tertiary/aromatic N) is 4. The molecule has 3 heterocycles. The number of anilines is 1. The van der Waals surface area contributed by atoms with Crippen LogP contribution in [0.4, 0.5) is 5.82 Å². The minimum absolute atomic E-state index is 0.00594. The molecule has 3 aromatic rings. The Hall–Kier alpha value is -4.12. The number of pyridine rings is 1. The zero-order valence-corrected chi connectivity index (χ0v) is 18.9. The minimum Gasteiger partial charge on any atom is -0.497 e. The molecule has 168 valence electrons. The van der Waals surface area contributed by atoms with Crippen LogP contribution in [0.25, 0.3) is 10.9 Å². The molecule has 8 nitrogen and oxygen atoms in total. The molecule has 1 saturated heterocycles. The first-order valence-corrected chi connectivity index (χ1v) is 10.6. The van der Waals surface area contributed by atoms with E-state index in [4.69, 9.17) is 15.6 Å². The molecule has 1 amide bonds. The molecule has 1 fully saturated rings. The molecule has 0 aliphatic carbocycles. The molecule has 1 aliphatic heterocycles. The number of amides is 1. The number of methoxy groups -OCH3 is 1. The third-order valence-corrected chi connectivity index (χ3v) is 5.81. The fraction of sp³-hybridized carbons (Fsp3) is 0.280. The number of hydrogen-bond acceptors (Lipinski definition) is 6. The highest BCUT2D eigenvalue weighted by atomic mass is 16.5. The van der Waals surface area contributed by atoms with Gasteiger partial charge >= 0.3 is 0 Å². The third kappa shape index (κ3) is 4.17. The Balaban J connectivity index is 1.81. The monoisotopic (exact) mass is 443 g/mol. The van der Waals surface area contributed by atoms with Crippen molar-refractivity contribution in [2.45, 2.75) is 26.3 Å². The van der Waals surface area contributed by atoms with Crippen LogP contribution < -0.4 is 10.5 Å². The normalized spacial score (nSPS) is 15.2. The highest BCUT2D eigenvalue weighted by Crippen LogP contribution is 2.31. The number of fused-ring (bicyclic) bond motifs is 1. The second-order valence-electron chi connectivity index (χ2n) is 8.03. The van der Waals surface area contributed by atoms with Crippen molar-refractivity contribution >= 4 is 28.4 Å². The van der Waals surface area contributed by atoms with E-state index in [0.717, 1.165) is 17.5 Å². The molecular formula is C25H25N5O3. The zero-order chi connectivity index (χ0) is 23.7. The number of ketones is 1. The van der Waals surface area contributed by atoms with E-state index in [9.17, 15) is 9.59 Å². The first-order valence-electron chi connectivity index (χ1n) is 10.6. The smallest absolute Gasteiger partial charge is 0.246 e. The van der Waals surface area contributed by atoms with Gasteiger partial charge in [-0.05, 0) is 56.0 Å². The lowest BCUT2D eigenvalue weighted by Gasteiger charge is -2.15. The quantitative estimate of drug-likeness (QED) is 0.378. The number of aryl methyl sites for hydroxylation is 1. The zero-order valence-electron chi connectivity index (χ0n) is 18.9. The Labute approximate surface area is 192 Å². The Bertz CT molecular complexity index is 1350. The van der Waals surface area contributed by atoms with E-state index in [0.29, 0.717) is 46.9 Å². The van der Waals surface area contributed by atoms with E-state index in [1.165, 1.54) is 13.0 Å². The van der Waals surface area contributed by atoms with Gasteiger partial charge in [-0.15, -0.1) is 0 Å². The maximum absolute atomic E-state index is 12.1. The van der Waals surface area contributed by atoms with Crippen molar-refractivity contribution in [2.24, 2.45) is 0 Å². The summed E-state index contributed by atoms with van der Waals surface area (Å²) in [5.74, 6) is 6.94. The predicted molar refractivity (Wildman–Crippen MR) is 126 cm³/mol. The van der Waals surface area contributed by atoms with Gasteiger partial charge in [-0.25, -0.2) is 4.98 Å². The van der Waals surface area contributed by atoms with E-state index >= 15 is 0 Å². The number of ether oxygens (including phenoxy) is 1. The van der Waals surface area contributed by atoms with E-state index < -0.39 is 0 Å². The van der Waals surface area contributed by atoms with Crippen molar-refractivity contribution in [3.05, 3.63) is 59.4 Å². The average Bonchev–Trinajstić information content (AvgIpc) is 3.45. The van der Waals surface area contributed by atoms with E-state index in [-0.39, 0.29) is 17.7 Å². The summed E-state index contributed by atoms with van der Waals surface area (Å²) in [5, 5.41) is 5.47. The summed E-state index contributed by atoms with van der Waals surface area (Å²) in [6, 6.07) is 5.16. The lowest BCUT2D eigenvalue weighted by Crippen LogP contribution is -2.27. The van der Waals surface area contributed by atoms with Gasteiger partial charge in [0.2, 0.25) is 5.91 Å². The van der Waals surface area contributed by atoms with Crippen molar-refractivity contribution in [3.8, 4) is 17.6 Å². The molecule has 1 aromatic carbocycles. The van der Waals surface area contributed by atoms with Gasteiger partial charge in [0.25, 0.3) is 0 Å². The van der Waals surface area contributed by atoms with Gasteiger partial charge in [-0.2, -0.15) is 5.10 Å². The van der Waals surface area contributed by atoms with Crippen molar-refractivity contribution in [3.63, 3.8) is 0 Å². The highest BCUT2D eigenvalue weighted by molar-refractivity contribution is 5.96. The van der Waals surface area contributed by atoms with Crippen LogP contribution in [0.3, 0.4) is 0 Å². The van der Waals surface area contributed by atoms with E-state index in [1.807, 2.05) is 11.6 Å². The van der Waals surface area contributed by atoms with Gasteiger partial charge in [0, 0.05) is 30.4 Å². The first-order chi connectivity index (χ1) is 15.8. The number of nitrogens with two attached hydrogens (primary N) is 1. The molecule has 0 unspecified atom stereocenters. The first kappa shape index (κ1) is 22.1. The number of carbonyl (C=O) groups is 2. The maximum Gasteiger partial charge on any atom is 0.246 e. The fourth-order valence-corrected chi connectivity index (χ4v) is 4.09. The molecular weight excluding hydrogens is 418 g/mol. The summed E-state index contributed by atoms with van der Waals surface area (Å²) < 4.78 is 7.22. The SMILES string of the molecule is C=CC(=O)N1CC[C@H](n2nc(C#Cc3cc(OC)cc(C(C)=O)c3)c3c(N)ncc(C)c32)C1. The number of hydrogen-bond donors (Lipinski definition) is 1. The number of benzene rings is 1. The topological polar surface area (TPSA) is 103 Å². The summed E-state index contributed by atoms with van der Waals surface area (Å²) >= 11 is 0. The van der Waals surface area contributed by atoms with Crippen molar-refractivity contribution in [1.29, 1.82) is 0 Å². The molecule has 0 spiro atoms. The van der Waals surface area contributed by atoms with Crippen LogP contribution in [-0.2, 0) is 4.79 Å². The number of carbonyl (C=O) groups excluding carboxylic acids is 2. The van der Waals surface area contributed by atoms with Crippen LogP contribution in [0.1, 0.15) is 46.6 Å². The molecule has 1 atom stereocenters. The Morgan fingerprint density at radius 3 is 2.79 bits per heavy atom. The summed E-state index contributed by atoms with van der Waals surface area (Å²) in [6.45, 7) is 8.20. The molecule has 4 rings (SSSR count). The van der Waals surface area contributed by atoms with Crippen LogP contribution in [0.2, 0.25) is 0 Å². The second kappa shape index (κ2) is 8.79. The van der Waals surface area contributed by atoms with E-state index in [2.05, 4.69) is 23.4 Å². The van der Waals surface area contributed by atoms with Gasteiger partial charge in [-0.3, -0.25) is 14.3 Å². The van der Waals surface area contributed by atoms with E-state index in [1.54, 1.807) is 36.4 Å². The molecule has 8 heteroatoms. The summed E-state index contributed by atoms with van der Waals surface area (Å²) in [4.78, 5) is 30.0. The van der Waals surface area contributed by atoms with Crippen LogP contribution in [-0.4, -0.2) is 51.6 Å². The van der Waals surface area contributed by atoms with Crippen molar-refractivity contribution in [1.82, 2.24) is 19.7 Å². The van der Waals surface area contributed by atoms with Crippen LogP contribution >= 0.6 is 0 Å². The lowest BCUT2D eigenvalue weighted by molar-refractivity contribution is -0.125. The van der Waals surface area contributed by atoms with Gasteiger partial charge in [0.1, 0.15) is 17.3 Å². The summed E-state index contributed by atoms with van der Waals surface area (Å²) in [6.07, 6.45) is 3.82. The maximum atomic E-state index is 12.1. The predicted octanol–water partition coefficient (Wildman–Crippen LogP) is 2.89. The van der Waals surface area contributed by atoms with Crippen LogP contribution in [0.15, 0.2) is 37.1 Å². The summed E-state index contributed by atoms with van der Waals surface area (Å²) in [5.41, 5.74) is 9.67. The standard InChI is InChI=1S/C25H25N5O3/c1-5-22(32)29-9-8-19(14-29)30-24-15(2)13-27-25(26)23(24)21(28-30)7-6-17-10-18(16(3)31)12-20(11-17)33-4/h5,10-13,19H,1,8-9,14H2,2-4H3,(H2,26,27)/t19-/m0/s1. The molecule has 33 heavy (non-hydrogen) atoms.